The zero-order valence-electron chi connectivity index (χ0n) is 17.6. The molecule has 0 saturated carbocycles. The third kappa shape index (κ3) is 4.23. The molecule has 0 saturated heterocycles. The topological polar surface area (TPSA) is 88.8 Å². The van der Waals surface area contributed by atoms with Crippen LogP contribution in [0.2, 0.25) is 0 Å². The van der Waals surface area contributed by atoms with Crippen LogP contribution in [0.4, 0.5) is 5.69 Å². The van der Waals surface area contributed by atoms with E-state index in [0.29, 0.717) is 22.8 Å². The molecule has 0 aliphatic carbocycles. The van der Waals surface area contributed by atoms with Crippen molar-refractivity contribution in [3.05, 3.63) is 90.4 Å². The Bertz CT molecular complexity index is 1350. The normalized spacial score (nSPS) is 11.6. The van der Waals surface area contributed by atoms with E-state index in [1.807, 2.05) is 24.3 Å². The van der Waals surface area contributed by atoms with Crippen LogP contribution in [-0.2, 0) is 16.6 Å². The summed E-state index contributed by atoms with van der Waals surface area (Å²) in [5.74, 6) is 0.916. The van der Waals surface area contributed by atoms with Crippen LogP contribution in [0.3, 0.4) is 0 Å². The molecule has 0 fully saturated rings. The van der Waals surface area contributed by atoms with Gasteiger partial charge in [-0.05, 0) is 48.5 Å². The molecule has 1 N–H and O–H groups in total. The number of hydrogen-bond donors (Lipinski definition) is 1. The zero-order valence-corrected chi connectivity index (χ0v) is 18.4. The minimum atomic E-state index is -3.73. The van der Waals surface area contributed by atoms with Gasteiger partial charge < -0.3 is 14.5 Å². The number of benzene rings is 3. The maximum atomic E-state index is 12.8. The van der Waals surface area contributed by atoms with E-state index in [4.69, 9.17) is 9.15 Å². The Labute approximate surface area is 186 Å². The lowest BCUT2D eigenvalue weighted by Gasteiger charge is -2.16. The number of sulfonamides is 1. The summed E-state index contributed by atoms with van der Waals surface area (Å²) in [6.45, 7) is 0.113. The molecule has 0 atom stereocenters. The quantitative estimate of drug-likeness (QED) is 0.447. The van der Waals surface area contributed by atoms with Crippen molar-refractivity contribution in [2.24, 2.45) is 0 Å². The Morgan fingerprint density at radius 2 is 1.69 bits per heavy atom. The number of furan rings is 1. The van der Waals surface area contributed by atoms with Crippen LogP contribution < -0.4 is 10.1 Å². The van der Waals surface area contributed by atoms with E-state index < -0.39 is 10.0 Å². The highest BCUT2D eigenvalue weighted by Crippen LogP contribution is 2.31. The van der Waals surface area contributed by atoms with Crippen molar-refractivity contribution in [1.82, 2.24) is 4.31 Å². The summed E-state index contributed by atoms with van der Waals surface area (Å²) in [4.78, 5) is 12.9. The lowest BCUT2D eigenvalue weighted by molar-refractivity contribution is 0.102. The first-order chi connectivity index (χ1) is 15.4. The molecule has 0 aliphatic rings. The first kappa shape index (κ1) is 21.6. The monoisotopic (exact) mass is 450 g/mol. The van der Waals surface area contributed by atoms with Gasteiger partial charge in [0, 0.05) is 29.1 Å². The van der Waals surface area contributed by atoms with Gasteiger partial charge >= 0.3 is 0 Å². The van der Waals surface area contributed by atoms with E-state index >= 15 is 0 Å². The number of amides is 1. The summed E-state index contributed by atoms with van der Waals surface area (Å²) in [6.07, 6.45) is 1.50. The maximum absolute atomic E-state index is 12.8. The molecule has 1 heterocycles. The van der Waals surface area contributed by atoms with E-state index in [0.717, 1.165) is 10.8 Å². The maximum Gasteiger partial charge on any atom is 0.255 e. The fraction of sp³-hybridized carbons (Fsp3) is 0.125. The number of hydrogen-bond acceptors (Lipinski definition) is 5. The fourth-order valence-electron chi connectivity index (χ4n) is 3.42. The van der Waals surface area contributed by atoms with Gasteiger partial charge in [-0.2, -0.15) is 4.31 Å². The Hall–Kier alpha value is -3.62. The Kier molecular flexibility index (Phi) is 5.98. The smallest absolute Gasteiger partial charge is 0.255 e. The van der Waals surface area contributed by atoms with Crippen LogP contribution in [0.1, 0.15) is 16.1 Å². The number of carbonyl (C=O) groups excluding carboxylic acids is 1. The van der Waals surface area contributed by atoms with Gasteiger partial charge in [0.05, 0.1) is 24.8 Å². The van der Waals surface area contributed by atoms with Gasteiger partial charge in [-0.25, -0.2) is 8.42 Å². The van der Waals surface area contributed by atoms with Gasteiger partial charge in [-0.3, -0.25) is 4.79 Å². The largest absolute Gasteiger partial charge is 0.496 e. The first-order valence-corrected chi connectivity index (χ1v) is 11.3. The summed E-state index contributed by atoms with van der Waals surface area (Å²) >= 11 is 0. The number of methoxy groups -OCH3 is 1. The number of ether oxygens (including phenoxy) is 1. The van der Waals surface area contributed by atoms with E-state index in [-0.39, 0.29) is 17.3 Å². The molecule has 164 valence electrons. The molecule has 0 spiro atoms. The molecular weight excluding hydrogens is 428 g/mol. The molecule has 4 aromatic rings. The molecule has 0 radical (unpaired) electrons. The highest BCUT2D eigenvalue weighted by atomic mass is 32.2. The second-order valence-corrected chi connectivity index (χ2v) is 9.22. The Morgan fingerprint density at radius 1 is 0.969 bits per heavy atom. The summed E-state index contributed by atoms with van der Waals surface area (Å²) in [5.41, 5.74) is 0.985. The van der Waals surface area contributed by atoms with Crippen molar-refractivity contribution in [3.8, 4) is 5.75 Å². The van der Waals surface area contributed by atoms with Gasteiger partial charge in [-0.1, -0.05) is 24.3 Å². The minimum absolute atomic E-state index is 0.0954. The molecule has 32 heavy (non-hydrogen) atoms. The average Bonchev–Trinajstić information content (AvgIpc) is 3.32. The molecule has 0 bridgehead atoms. The van der Waals surface area contributed by atoms with Crippen molar-refractivity contribution in [2.75, 3.05) is 19.5 Å². The molecule has 4 rings (SSSR count). The van der Waals surface area contributed by atoms with Gasteiger partial charge in [0.1, 0.15) is 11.5 Å². The summed E-state index contributed by atoms with van der Waals surface area (Å²) in [6, 6.07) is 20.4. The first-order valence-electron chi connectivity index (χ1n) is 9.86. The van der Waals surface area contributed by atoms with Gasteiger partial charge in [0.2, 0.25) is 10.0 Å². The second kappa shape index (κ2) is 8.86. The molecular formula is C24H22N2O5S. The van der Waals surface area contributed by atoms with Gasteiger partial charge in [0.25, 0.3) is 5.91 Å². The number of nitrogens with zero attached hydrogens (tertiary/aromatic N) is 1. The molecule has 0 unspecified atom stereocenters. The molecule has 8 heteroatoms. The molecule has 1 amide bonds. The third-order valence-corrected chi connectivity index (χ3v) is 6.95. The van der Waals surface area contributed by atoms with Gasteiger partial charge in [0.15, 0.2) is 0 Å². The van der Waals surface area contributed by atoms with Crippen molar-refractivity contribution in [1.29, 1.82) is 0 Å². The lowest BCUT2D eigenvalue weighted by Crippen LogP contribution is -2.26. The highest BCUT2D eigenvalue weighted by molar-refractivity contribution is 7.89. The van der Waals surface area contributed by atoms with E-state index in [9.17, 15) is 13.2 Å². The lowest BCUT2D eigenvalue weighted by atomic mass is 10.1. The number of anilines is 1. The van der Waals surface area contributed by atoms with Crippen LogP contribution in [-0.4, -0.2) is 32.8 Å². The molecule has 7 nitrogen and oxygen atoms in total. The number of fused-ring (bicyclic) bond motifs is 1. The minimum Gasteiger partial charge on any atom is -0.496 e. The fourth-order valence-corrected chi connectivity index (χ4v) is 4.56. The van der Waals surface area contributed by atoms with Crippen LogP contribution in [0, 0.1) is 0 Å². The Morgan fingerprint density at radius 3 is 2.34 bits per heavy atom. The zero-order chi connectivity index (χ0) is 22.7. The summed E-state index contributed by atoms with van der Waals surface area (Å²) in [5, 5.41) is 4.63. The van der Waals surface area contributed by atoms with E-state index in [1.165, 1.54) is 41.9 Å². The average molecular weight is 451 g/mol. The highest BCUT2D eigenvalue weighted by Gasteiger charge is 2.22. The van der Waals surface area contributed by atoms with E-state index in [2.05, 4.69) is 5.32 Å². The van der Waals surface area contributed by atoms with Crippen LogP contribution in [0.25, 0.3) is 10.8 Å². The number of carbonyl (C=O) groups is 1. The van der Waals surface area contributed by atoms with Crippen LogP contribution >= 0.6 is 0 Å². The molecule has 0 aliphatic heterocycles. The van der Waals surface area contributed by atoms with Crippen LogP contribution in [0.5, 0.6) is 5.75 Å². The third-order valence-electron chi connectivity index (χ3n) is 5.14. The van der Waals surface area contributed by atoms with Crippen molar-refractivity contribution >= 4 is 32.4 Å². The predicted octanol–water partition coefficient (Wildman–Crippen LogP) is 4.51. The number of nitrogens with one attached hydrogen (secondary N) is 1. The number of rotatable bonds is 7. The van der Waals surface area contributed by atoms with Gasteiger partial charge in [-0.15, -0.1) is 0 Å². The van der Waals surface area contributed by atoms with Crippen LogP contribution in [0.15, 0.2) is 88.4 Å². The SMILES string of the molecule is COc1ccc(NC(=O)c2ccc(S(=O)(=O)N(C)Cc3ccco3)cc2)c2ccccc12. The second-order valence-electron chi connectivity index (χ2n) is 7.18. The van der Waals surface area contributed by atoms with Crippen molar-refractivity contribution < 1.29 is 22.4 Å². The summed E-state index contributed by atoms with van der Waals surface area (Å²) in [7, 11) is -0.647. The van der Waals surface area contributed by atoms with Crippen molar-refractivity contribution in [2.45, 2.75) is 11.4 Å². The van der Waals surface area contributed by atoms with Crippen molar-refractivity contribution in [3.63, 3.8) is 0 Å². The Balaban J connectivity index is 1.53. The molecule has 1 aromatic heterocycles. The predicted molar refractivity (Wildman–Crippen MR) is 122 cm³/mol. The summed E-state index contributed by atoms with van der Waals surface area (Å²) < 4.78 is 37.4. The standard InChI is InChI=1S/C24H22N2O5S/c1-26(16-18-6-5-15-31-18)32(28,29)19-11-9-17(10-12-19)24(27)25-22-13-14-23(30-2)21-8-4-3-7-20(21)22/h3-15H,16H2,1-2H3,(H,25,27). The molecule has 3 aromatic carbocycles. The van der Waals surface area contributed by atoms with E-state index in [1.54, 1.807) is 31.4 Å².